The Labute approximate surface area is 179 Å². The molecule has 4 heterocycles. The SMILES string of the molecule is CCOCCn1nc(-c2ccccn2)c(NC(=O)c2ccco2)c1-c1c(C)n[nH]c1C. The van der Waals surface area contributed by atoms with Crippen LogP contribution >= 0.6 is 0 Å². The first-order chi connectivity index (χ1) is 15.1. The highest BCUT2D eigenvalue weighted by Crippen LogP contribution is 2.39. The van der Waals surface area contributed by atoms with Gasteiger partial charge in [-0.25, -0.2) is 0 Å². The molecule has 0 bridgehead atoms. The summed E-state index contributed by atoms with van der Waals surface area (Å²) in [4.78, 5) is 17.4. The molecule has 0 aromatic carbocycles. The highest BCUT2D eigenvalue weighted by molar-refractivity contribution is 6.07. The molecule has 0 unspecified atom stereocenters. The van der Waals surface area contributed by atoms with Crippen LogP contribution in [0, 0.1) is 13.8 Å². The molecule has 9 heteroatoms. The monoisotopic (exact) mass is 420 g/mol. The fourth-order valence-electron chi connectivity index (χ4n) is 3.46. The van der Waals surface area contributed by atoms with Crippen LogP contribution in [0.5, 0.6) is 0 Å². The maximum Gasteiger partial charge on any atom is 0.291 e. The lowest BCUT2D eigenvalue weighted by atomic mass is 10.1. The van der Waals surface area contributed by atoms with Crippen molar-refractivity contribution < 1.29 is 13.9 Å². The molecule has 0 aliphatic carbocycles. The molecular weight excluding hydrogens is 396 g/mol. The summed E-state index contributed by atoms with van der Waals surface area (Å²) in [7, 11) is 0. The van der Waals surface area contributed by atoms with Crippen LogP contribution in [0.4, 0.5) is 5.69 Å². The van der Waals surface area contributed by atoms with E-state index in [0.717, 1.165) is 22.6 Å². The largest absolute Gasteiger partial charge is 0.459 e. The number of hydrogen-bond donors (Lipinski definition) is 2. The van der Waals surface area contributed by atoms with E-state index in [0.29, 0.717) is 36.8 Å². The zero-order chi connectivity index (χ0) is 21.8. The number of H-pyrrole nitrogens is 1. The number of ether oxygens (including phenoxy) is 1. The summed E-state index contributed by atoms with van der Waals surface area (Å²) in [6.45, 7) is 7.39. The predicted molar refractivity (Wildman–Crippen MR) is 116 cm³/mol. The summed E-state index contributed by atoms with van der Waals surface area (Å²) in [6, 6.07) is 8.86. The van der Waals surface area contributed by atoms with E-state index in [1.165, 1.54) is 6.26 Å². The molecule has 1 amide bonds. The number of carbonyl (C=O) groups excluding carboxylic acids is 1. The molecule has 0 aliphatic heterocycles. The minimum Gasteiger partial charge on any atom is -0.459 e. The van der Waals surface area contributed by atoms with Gasteiger partial charge in [-0.1, -0.05) is 6.07 Å². The van der Waals surface area contributed by atoms with Crippen molar-refractivity contribution in [3.63, 3.8) is 0 Å². The van der Waals surface area contributed by atoms with Crippen molar-refractivity contribution in [1.29, 1.82) is 0 Å². The molecular formula is C22H24N6O3. The lowest BCUT2D eigenvalue weighted by Crippen LogP contribution is -2.13. The molecule has 0 atom stereocenters. The fourth-order valence-corrected chi connectivity index (χ4v) is 3.46. The topological polar surface area (TPSA) is 111 Å². The number of nitrogens with zero attached hydrogens (tertiary/aromatic N) is 4. The lowest BCUT2D eigenvalue weighted by Gasteiger charge is -2.11. The van der Waals surface area contributed by atoms with Crippen LogP contribution in [-0.2, 0) is 11.3 Å². The summed E-state index contributed by atoms with van der Waals surface area (Å²) in [5.74, 6) is -0.160. The van der Waals surface area contributed by atoms with Crippen LogP contribution in [-0.4, -0.2) is 44.1 Å². The third-order valence-corrected chi connectivity index (χ3v) is 4.86. The average molecular weight is 420 g/mol. The molecule has 2 N–H and O–H groups in total. The standard InChI is InChI=1S/C22H24N6O3/c1-4-30-13-11-28-21(18-14(2)25-26-15(18)3)20(24-22(29)17-9-7-12-31-17)19(27-28)16-8-5-6-10-23-16/h5-10,12H,4,11,13H2,1-3H3,(H,24,29)(H,25,26). The quantitative estimate of drug-likeness (QED) is 0.419. The molecule has 0 saturated heterocycles. The number of amides is 1. The van der Waals surface area contributed by atoms with Crippen LogP contribution < -0.4 is 5.32 Å². The Morgan fingerprint density at radius 1 is 1.26 bits per heavy atom. The number of nitrogens with one attached hydrogen (secondary N) is 2. The van der Waals surface area contributed by atoms with Gasteiger partial charge in [0, 0.05) is 24.1 Å². The molecule has 0 radical (unpaired) electrons. The normalized spacial score (nSPS) is 11.1. The van der Waals surface area contributed by atoms with Gasteiger partial charge in [0.1, 0.15) is 5.69 Å². The van der Waals surface area contributed by atoms with Gasteiger partial charge in [-0.3, -0.25) is 19.6 Å². The number of furan rings is 1. The number of aromatic nitrogens is 5. The van der Waals surface area contributed by atoms with Crippen molar-refractivity contribution in [1.82, 2.24) is 25.0 Å². The van der Waals surface area contributed by atoms with E-state index in [2.05, 4.69) is 20.5 Å². The minimum atomic E-state index is -0.369. The summed E-state index contributed by atoms with van der Waals surface area (Å²) < 4.78 is 12.7. The second-order valence-corrected chi connectivity index (χ2v) is 6.95. The molecule has 0 fully saturated rings. The van der Waals surface area contributed by atoms with Gasteiger partial charge in [0.15, 0.2) is 5.76 Å². The Morgan fingerprint density at radius 3 is 2.77 bits per heavy atom. The second-order valence-electron chi connectivity index (χ2n) is 6.95. The highest BCUT2D eigenvalue weighted by atomic mass is 16.5. The maximum absolute atomic E-state index is 12.9. The maximum atomic E-state index is 12.9. The molecule has 4 aromatic heterocycles. The third-order valence-electron chi connectivity index (χ3n) is 4.86. The Morgan fingerprint density at radius 2 is 2.13 bits per heavy atom. The molecule has 31 heavy (non-hydrogen) atoms. The van der Waals surface area contributed by atoms with Crippen molar-refractivity contribution in [2.75, 3.05) is 18.5 Å². The van der Waals surface area contributed by atoms with Crippen LogP contribution in [0.25, 0.3) is 22.6 Å². The second kappa shape index (κ2) is 8.97. The number of aromatic amines is 1. The van der Waals surface area contributed by atoms with Crippen molar-refractivity contribution in [3.05, 3.63) is 59.9 Å². The number of anilines is 1. The molecule has 4 rings (SSSR count). The van der Waals surface area contributed by atoms with Gasteiger partial charge in [-0.15, -0.1) is 0 Å². The van der Waals surface area contributed by atoms with Crippen LogP contribution in [0.2, 0.25) is 0 Å². The summed E-state index contributed by atoms with van der Waals surface area (Å²) >= 11 is 0. The van der Waals surface area contributed by atoms with Crippen molar-refractivity contribution >= 4 is 11.6 Å². The Bertz CT molecular complexity index is 1140. The van der Waals surface area contributed by atoms with Crippen molar-refractivity contribution in [2.24, 2.45) is 0 Å². The molecule has 0 spiro atoms. The van der Waals surface area contributed by atoms with Gasteiger partial charge in [-0.05, 0) is 45.0 Å². The van der Waals surface area contributed by atoms with Crippen LogP contribution in [0.1, 0.15) is 28.9 Å². The number of hydrogen-bond acceptors (Lipinski definition) is 6. The highest BCUT2D eigenvalue weighted by Gasteiger charge is 2.27. The van der Waals surface area contributed by atoms with E-state index in [9.17, 15) is 4.79 Å². The molecule has 4 aromatic rings. The van der Waals surface area contributed by atoms with Gasteiger partial charge >= 0.3 is 0 Å². The first-order valence-corrected chi connectivity index (χ1v) is 10.1. The molecule has 0 aliphatic rings. The van der Waals surface area contributed by atoms with Gasteiger partial charge < -0.3 is 14.5 Å². The molecule has 160 valence electrons. The molecule has 0 saturated carbocycles. The number of pyridine rings is 1. The predicted octanol–water partition coefficient (Wildman–Crippen LogP) is 3.83. The zero-order valence-corrected chi connectivity index (χ0v) is 17.7. The first-order valence-electron chi connectivity index (χ1n) is 10.1. The van der Waals surface area contributed by atoms with Gasteiger partial charge in [0.05, 0.1) is 42.2 Å². The van der Waals surface area contributed by atoms with E-state index in [-0.39, 0.29) is 11.7 Å². The summed E-state index contributed by atoms with van der Waals surface area (Å²) in [5.41, 5.74) is 5.04. The van der Waals surface area contributed by atoms with E-state index in [1.807, 2.05) is 43.7 Å². The van der Waals surface area contributed by atoms with E-state index < -0.39 is 0 Å². The number of carbonyl (C=O) groups is 1. The van der Waals surface area contributed by atoms with Gasteiger partial charge in [0.2, 0.25) is 0 Å². The Kier molecular flexibility index (Phi) is 5.94. The third kappa shape index (κ3) is 4.13. The first kappa shape index (κ1) is 20.5. The molecule has 9 nitrogen and oxygen atoms in total. The number of aryl methyl sites for hydroxylation is 2. The van der Waals surface area contributed by atoms with Crippen molar-refractivity contribution in [2.45, 2.75) is 27.3 Å². The van der Waals surface area contributed by atoms with Crippen LogP contribution in [0.3, 0.4) is 0 Å². The smallest absolute Gasteiger partial charge is 0.291 e. The lowest BCUT2D eigenvalue weighted by molar-refractivity contribution is 0.0996. The zero-order valence-electron chi connectivity index (χ0n) is 17.7. The fraction of sp³-hybridized carbons (Fsp3) is 0.273. The van der Waals surface area contributed by atoms with E-state index in [1.54, 1.807) is 18.3 Å². The summed E-state index contributed by atoms with van der Waals surface area (Å²) in [5, 5.41) is 15.2. The van der Waals surface area contributed by atoms with Crippen molar-refractivity contribution in [3.8, 4) is 22.6 Å². The minimum absolute atomic E-state index is 0.209. The Balaban J connectivity index is 1.90. The number of rotatable bonds is 8. The van der Waals surface area contributed by atoms with E-state index >= 15 is 0 Å². The van der Waals surface area contributed by atoms with Gasteiger partial charge in [-0.2, -0.15) is 10.2 Å². The summed E-state index contributed by atoms with van der Waals surface area (Å²) in [6.07, 6.45) is 3.16. The average Bonchev–Trinajstić information content (AvgIpc) is 3.50. The van der Waals surface area contributed by atoms with Crippen LogP contribution in [0.15, 0.2) is 47.2 Å². The van der Waals surface area contributed by atoms with Gasteiger partial charge in [0.25, 0.3) is 5.91 Å². The van der Waals surface area contributed by atoms with E-state index in [4.69, 9.17) is 14.3 Å². The Hall–Kier alpha value is -3.72.